The van der Waals surface area contributed by atoms with E-state index in [0.29, 0.717) is 13.0 Å². The second kappa shape index (κ2) is 11.8. The van der Waals surface area contributed by atoms with Crippen LogP contribution in [0.4, 0.5) is 4.79 Å². The first-order valence-corrected chi connectivity index (χ1v) is 11.9. The van der Waals surface area contributed by atoms with Crippen molar-refractivity contribution in [2.24, 2.45) is 0 Å². The molecule has 0 radical (unpaired) electrons. The number of benzene rings is 2. The van der Waals surface area contributed by atoms with E-state index in [-0.39, 0.29) is 37.8 Å². The number of carbonyl (C=O) groups excluding carboxylic acids is 2. The predicted octanol–water partition coefficient (Wildman–Crippen LogP) is 4.08. The number of carboxylic acid groups (broad SMARTS) is 1. The number of hydrogen-bond acceptors (Lipinski definition) is 5. The fourth-order valence-corrected chi connectivity index (χ4v) is 4.34. The van der Waals surface area contributed by atoms with Crippen LogP contribution in [0.2, 0.25) is 0 Å². The van der Waals surface area contributed by atoms with E-state index in [4.69, 9.17) is 14.6 Å². The lowest BCUT2D eigenvalue weighted by molar-refractivity contribution is -0.140. The molecule has 2 aromatic carbocycles. The molecule has 35 heavy (non-hydrogen) atoms. The third-order valence-corrected chi connectivity index (χ3v) is 6.09. The first-order valence-electron chi connectivity index (χ1n) is 11.9. The molecule has 0 bridgehead atoms. The van der Waals surface area contributed by atoms with E-state index >= 15 is 0 Å². The van der Waals surface area contributed by atoms with Crippen molar-refractivity contribution >= 4 is 18.0 Å². The summed E-state index contributed by atoms with van der Waals surface area (Å²) in [5.41, 5.74) is 3.95. The Labute approximate surface area is 206 Å². The van der Waals surface area contributed by atoms with Crippen LogP contribution in [-0.2, 0) is 19.1 Å². The van der Waals surface area contributed by atoms with Crippen molar-refractivity contribution < 1.29 is 29.0 Å². The maximum Gasteiger partial charge on any atom is 0.407 e. The molecule has 188 valence electrons. The molecule has 3 rings (SSSR count). The molecule has 0 saturated carbocycles. The van der Waals surface area contributed by atoms with Gasteiger partial charge in [-0.05, 0) is 49.4 Å². The number of ether oxygens (including phenoxy) is 2. The van der Waals surface area contributed by atoms with Crippen molar-refractivity contribution in [3.8, 4) is 11.1 Å². The highest BCUT2D eigenvalue weighted by molar-refractivity contribution is 5.79. The predicted molar refractivity (Wildman–Crippen MR) is 132 cm³/mol. The SMILES string of the molecule is CCOC(CNC(=O)CCC(C)(C)NC(=O)OCC1c2ccccc2-c2ccccc21)CC(=O)O. The maximum atomic E-state index is 12.6. The van der Waals surface area contributed by atoms with E-state index in [0.717, 1.165) is 11.1 Å². The molecule has 0 aliphatic heterocycles. The summed E-state index contributed by atoms with van der Waals surface area (Å²) in [5, 5.41) is 14.5. The number of alkyl carbamates (subject to hydrolysis) is 1. The Bertz CT molecular complexity index is 1010. The standard InChI is InChI=1S/C27H34N2O6/c1-4-34-18(15-25(31)32)16-28-24(30)13-14-27(2,3)29-26(33)35-17-23-21-11-7-5-9-19(21)20-10-6-8-12-22(20)23/h5-12,18,23H,4,13-17H2,1-3H3,(H,28,30)(H,29,33)(H,31,32). The second-order valence-electron chi connectivity index (χ2n) is 9.31. The average Bonchev–Trinajstić information content (AvgIpc) is 3.13. The molecule has 2 aromatic rings. The number of nitrogens with one attached hydrogen (secondary N) is 2. The van der Waals surface area contributed by atoms with Gasteiger partial charge in [-0.25, -0.2) is 4.79 Å². The van der Waals surface area contributed by atoms with E-state index in [2.05, 4.69) is 34.9 Å². The van der Waals surface area contributed by atoms with E-state index < -0.39 is 23.7 Å². The largest absolute Gasteiger partial charge is 0.481 e. The smallest absolute Gasteiger partial charge is 0.407 e. The van der Waals surface area contributed by atoms with E-state index in [9.17, 15) is 14.4 Å². The van der Waals surface area contributed by atoms with Crippen LogP contribution in [0, 0.1) is 0 Å². The van der Waals surface area contributed by atoms with Crippen molar-refractivity contribution in [2.75, 3.05) is 19.8 Å². The van der Waals surface area contributed by atoms with Crippen molar-refractivity contribution in [1.29, 1.82) is 0 Å². The lowest BCUT2D eigenvalue weighted by atomic mass is 9.98. The van der Waals surface area contributed by atoms with Gasteiger partial charge in [0.25, 0.3) is 0 Å². The highest BCUT2D eigenvalue weighted by atomic mass is 16.5. The maximum absolute atomic E-state index is 12.6. The number of carboxylic acids is 1. The molecule has 8 heteroatoms. The summed E-state index contributed by atoms with van der Waals surface area (Å²) in [6.45, 7) is 6.14. The summed E-state index contributed by atoms with van der Waals surface area (Å²) in [7, 11) is 0. The molecule has 2 amide bonds. The summed E-state index contributed by atoms with van der Waals surface area (Å²) in [5.74, 6) is -1.24. The summed E-state index contributed by atoms with van der Waals surface area (Å²) in [6.07, 6.45) is -0.726. The number of carbonyl (C=O) groups is 3. The molecular formula is C27H34N2O6. The number of fused-ring (bicyclic) bond motifs is 3. The van der Waals surface area contributed by atoms with Crippen LogP contribution in [0.1, 0.15) is 57.1 Å². The number of aliphatic carboxylic acids is 1. The highest BCUT2D eigenvalue weighted by Crippen LogP contribution is 2.44. The van der Waals surface area contributed by atoms with E-state index in [1.165, 1.54) is 11.1 Å². The molecule has 1 aliphatic carbocycles. The molecule has 8 nitrogen and oxygen atoms in total. The van der Waals surface area contributed by atoms with Crippen LogP contribution in [-0.4, -0.2) is 54.5 Å². The molecule has 1 atom stereocenters. The summed E-state index contributed by atoms with van der Waals surface area (Å²) in [4.78, 5) is 35.7. The zero-order valence-corrected chi connectivity index (χ0v) is 20.5. The fraction of sp³-hybridized carbons (Fsp3) is 0.444. The molecule has 0 spiro atoms. The number of hydrogen-bond donors (Lipinski definition) is 3. The van der Waals surface area contributed by atoms with Gasteiger partial charge in [0, 0.05) is 31.0 Å². The molecule has 0 saturated heterocycles. The van der Waals surface area contributed by atoms with Crippen LogP contribution in [0.15, 0.2) is 48.5 Å². The van der Waals surface area contributed by atoms with E-state index in [1.54, 1.807) is 6.92 Å². The minimum atomic E-state index is -0.980. The van der Waals surface area contributed by atoms with Gasteiger partial charge < -0.3 is 25.2 Å². The Balaban J connectivity index is 1.47. The van der Waals surface area contributed by atoms with Gasteiger partial charge in [-0.3, -0.25) is 9.59 Å². The molecule has 0 aromatic heterocycles. The summed E-state index contributed by atoms with van der Waals surface area (Å²) >= 11 is 0. The van der Waals surface area contributed by atoms with Gasteiger partial charge >= 0.3 is 12.1 Å². The zero-order chi connectivity index (χ0) is 25.4. The second-order valence-corrected chi connectivity index (χ2v) is 9.31. The number of rotatable bonds is 12. The van der Waals surface area contributed by atoms with Gasteiger partial charge in [0.1, 0.15) is 6.61 Å². The third-order valence-electron chi connectivity index (χ3n) is 6.09. The van der Waals surface area contributed by atoms with Gasteiger partial charge in [0.15, 0.2) is 0 Å². The Hall–Kier alpha value is -3.39. The topological polar surface area (TPSA) is 114 Å². The van der Waals surface area contributed by atoms with Gasteiger partial charge in [-0.1, -0.05) is 48.5 Å². The van der Waals surface area contributed by atoms with Crippen LogP contribution >= 0.6 is 0 Å². The quantitative estimate of drug-likeness (QED) is 0.420. The molecule has 1 aliphatic rings. The van der Waals surface area contributed by atoms with Crippen LogP contribution in [0.3, 0.4) is 0 Å². The van der Waals surface area contributed by atoms with Crippen molar-refractivity contribution in [1.82, 2.24) is 10.6 Å². The Morgan fingerprint density at radius 3 is 2.20 bits per heavy atom. The van der Waals surface area contributed by atoms with Gasteiger partial charge in [-0.2, -0.15) is 0 Å². The minimum Gasteiger partial charge on any atom is -0.481 e. The zero-order valence-electron chi connectivity index (χ0n) is 20.5. The summed E-state index contributed by atoms with van der Waals surface area (Å²) in [6, 6.07) is 16.3. The number of amides is 2. The molecule has 0 fully saturated rings. The lowest BCUT2D eigenvalue weighted by Gasteiger charge is -2.26. The van der Waals surface area contributed by atoms with Gasteiger partial charge in [-0.15, -0.1) is 0 Å². The lowest BCUT2D eigenvalue weighted by Crippen LogP contribution is -2.45. The fourth-order valence-electron chi connectivity index (χ4n) is 4.34. The van der Waals surface area contributed by atoms with Crippen LogP contribution in [0.5, 0.6) is 0 Å². The first-order chi connectivity index (χ1) is 16.7. The summed E-state index contributed by atoms with van der Waals surface area (Å²) < 4.78 is 10.9. The van der Waals surface area contributed by atoms with Crippen molar-refractivity contribution in [3.05, 3.63) is 59.7 Å². The average molecular weight is 483 g/mol. The van der Waals surface area contributed by atoms with E-state index in [1.807, 2.05) is 38.1 Å². The molecule has 1 unspecified atom stereocenters. The monoisotopic (exact) mass is 482 g/mol. The first kappa shape index (κ1) is 26.2. The highest BCUT2D eigenvalue weighted by Gasteiger charge is 2.30. The molecular weight excluding hydrogens is 448 g/mol. The minimum absolute atomic E-state index is 0.0221. The van der Waals surface area contributed by atoms with Gasteiger partial charge in [0.2, 0.25) is 5.91 Å². The van der Waals surface area contributed by atoms with Crippen LogP contribution < -0.4 is 10.6 Å². The van der Waals surface area contributed by atoms with Crippen LogP contribution in [0.25, 0.3) is 11.1 Å². The molecule has 0 heterocycles. The van der Waals surface area contributed by atoms with Crippen molar-refractivity contribution in [3.63, 3.8) is 0 Å². The Kier molecular flexibility index (Phi) is 8.87. The Morgan fingerprint density at radius 2 is 1.63 bits per heavy atom. The normalized spacial score (nSPS) is 13.5. The van der Waals surface area contributed by atoms with Crippen molar-refractivity contribution in [2.45, 2.75) is 57.6 Å². The third kappa shape index (κ3) is 7.29. The molecule has 3 N–H and O–H groups in total. The Morgan fingerprint density at radius 1 is 1.03 bits per heavy atom. The van der Waals surface area contributed by atoms with Gasteiger partial charge in [0.05, 0.1) is 12.5 Å².